The van der Waals surface area contributed by atoms with Crippen molar-refractivity contribution in [3.63, 3.8) is 0 Å². The summed E-state index contributed by atoms with van der Waals surface area (Å²) in [6.45, 7) is 9.06. The Bertz CT molecular complexity index is 1290. The van der Waals surface area contributed by atoms with Gasteiger partial charge in [0.15, 0.2) is 0 Å². The van der Waals surface area contributed by atoms with Crippen LogP contribution in [0.1, 0.15) is 62.6 Å². The monoisotopic (exact) mass is 579 g/mol. The molecule has 41 heavy (non-hydrogen) atoms. The lowest BCUT2D eigenvalue weighted by Crippen LogP contribution is -2.54. The minimum Gasteiger partial charge on any atom is -0.354 e. The summed E-state index contributed by atoms with van der Waals surface area (Å²) >= 11 is 1.56. The number of carbonyl (C=O) groups excluding carboxylic acids is 3. The molecule has 0 spiro atoms. The summed E-state index contributed by atoms with van der Waals surface area (Å²) in [5.41, 5.74) is 3.18. The standard InChI is InChI=1S/C32H45N5O3S/c1-7-11-29(38)35-27(18-30-36-26-15-14-24(21(2)3)17-28(26)41-30)32(40)34-25(16-23-12-9-8-10-13-23)19-33-31(39)22(4)20-37(5)6/h8-10,12-15,17,21-22,25,27H,7,11,16,18-20H2,1-6H3,(H,33,39)(H,34,40)(H,35,38)/t22?,25-,27-/m0/s1. The lowest BCUT2D eigenvalue weighted by atomic mass is 10.0. The molecule has 2 aromatic carbocycles. The van der Waals surface area contributed by atoms with E-state index >= 15 is 0 Å². The zero-order chi connectivity index (χ0) is 29.9. The highest BCUT2D eigenvalue weighted by molar-refractivity contribution is 7.18. The molecule has 1 unspecified atom stereocenters. The molecule has 3 N–H and O–H groups in total. The first-order valence-electron chi connectivity index (χ1n) is 14.5. The molecule has 9 heteroatoms. The van der Waals surface area contributed by atoms with Gasteiger partial charge in [-0.15, -0.1) is 11.3 Å². The maximum atomic E-state index is 13.7. The van der Waals surface area contributed by atoms with Gasteiger partial charge in [0.1, 0.15) is 6.04 Å². The summed E-state index contributed by atoms with van der Waals surface area (Å²) in [5, 5.41) is 9.87. The van der Waals surface area contributed by atoms with Crippen molar-refractivity contribution in [2.75, 3.05) is 27.2 Å². The van der Waals surface area contributed by atoms with Gasteiger partial charge in [0.05, 0.1) is 21.3 Å². The summed E-state index contributed by atoms with van der Waals surface area (Å²) in [6.07, 6.45) is 1.87. The van der Waals surface area contributed by atoms with Crippen LogP contribution in [0.15, 0.2) is 48.5 Å². The number of nitrogens with zero attached hydrogens (tertiary/aromatic N) is 2. The van der Waals surface area contributed by atoms with Gasteiger partial charge in [0, 0.05) is 31.8 Å². The van der Waals surface area contributed by atoms with Crippen molar-refractivity contribution in [1.82, 2.24) is 25.8 Å². The minimum absolute atomic E-state index is 0.0611. The molecule has 0 bridgehead atoms. The summed E-state index contributed by atoms with van der Waals surface area (Å²) < 4.78 is 1.07. The number of thiazole rings is 1. The van der Waals surface area contributed by atoms with E-state index in [-0.39, 0.29) is 36.2 Å². The fourth-order valence-electron chi connectivity index (χ4n) is 4.72. The third kappa shape index (κ3) is 10.2. The number of nitrogens with one attached hydrogen (secondary N) is 3. The summed E-state index contributed by atoms with van der Waals surface area (Å²) in [4.78, 5) is 45.8. The van der Waals surface area contributed by atoms with Crippen LogP contribution in [0.2, 0.25) is 0 Å². The molecule has 0 aliphatic rings. The van der Waals surface area contributed by atoms with E-state index in [1.165, 1.54) is 5.56 Å². The van der Waals surface area contributed by atoms with Crippen LogP contribution in [0.25, 0.3) is 10.2 Å². The van der Waals surface area contributed by atoms with Crippen LogP contribution in [0, 0.1) is 5.92 Å². The molecule has 0 saturated carbocycles. The molecule has 0 aliphatic heterocycles. The maximum absolute atomic E-state index is 13.7. The number of amides is 3. The van der Waals surface area contributed by atoms with Gasteiger partial charge in [-0.05, 0) is 56.1 Å². The largest absolute Gasteiger partial charge is 0.354 e. The van der Waals surface area contributed by atoms with Crippen LogP contribution in [0.4, 0.5) is 0 Å². The molecular formula is C32H45N5O3S. The fraction of sp³-hybridized carbons (Fsp3) is 0.500. The topological polar surface area (TPSA) is 103 Å². The second kappa shape index (κ2) is 15.6. The van der Waals surface area contributed by atoms with Crippen LogP contribution in [-0.2, 0) is 27.2 Å². The number of hydrogen-bond donors (Lipinski definition) is 3. The summed E-state index contributed by atoms with van der Waals surface area (Å²) in [5.74, 6) is -0.289. The van der Waals surface area contributed by atoms with Crippen LogP contribution in [0.3, 0.4) is 0 Å². The first-order valence-corrected chi connectivity index (χ1v) is 15.3. The Morgan fingerprint density at radius 3 is 2.34 bits per heavy atom. The molecule has 0 radical (unpaired) electrons. The minimum atomic E-state index is -0.777. The van der Waals surface area contributed by atoms with Gasteiger partial charge in [-0.3, -0.25) is 14.4 Å². The lowest BCUT2D eigenvalue weighted by Gasteiger charge is -2.25. The third-order valence-corrected chi connectivity index (χ3v) is 7.95. The van der Waals surface area contributed by atoms with E-state index in [1.54, 1.807) is 11.3 Å². The van der Waals surface area contributed by atoms with Crippen molar-refractivity contribution in [3.8, 4) is 0 Å². The second-order valence-corrected chi connectivity index (χ2v) is 12.5. The van der Waals surface area contributed by atoms with Crippen LogP contribution in [-0.4, -0.2) is 66.9 Å². The van der Waals surface area contributed by atoms with E-state index in [0.717, 1.165) is 20.8 Å². The predicted molar refractivity (Wildman–Crippen MR) is 167 cm³/mol. The van der Waals surface area contributed by atoms with E-state index < -0.39 is 6.04 Å². The number of rotatable bonds is 15. The van der Waals surface area contributed by atoms with Crippen molar-refractivity contribution in [1.29, 1.82) is 0 Å². The predicted octanol–water partition coefficient (Wildman–Crippen LogP) is 4.29. The quantitative estimate of drug-likeness (QED) is 0.249. The zero-order valence-corrected chi connectivity index (χ0v) is 26.0. The summed E-state index contributed by atoms with van der Waals surface area (Å²) in [6, 6.07) is 15.0. The van der Waals surface area contributed by atoms with Gasteiger partial charge >= 0.3 is 0 Å². The fourth-order valence-corrected chi connectivity index (χ4v) is 5.78. The highest BCUT2D eigenvalue weighted by atomic mass is 32.1. The highest BCUT2D eigenvalue weighted by Crippen LogP contribution is 2.27. The van der Waals surface area contributed by atoms with Gasteiger partial charge in [0.25, 0.3) is 0 Å². The first-order chi connectivity index (χ1) is 19.5. The van der Waals surface area contributed by atoms with E-state index in [9.17, 15) is 14.4 Å². The molecule has 0 fully saturated rings. The Morgan fingerprint density at radius 1 is 0.951 bits per heavy atom. The Balaban J connectivity index is 1.79. The second-order valence-electron chi connectivity index (χ2n) is 11.4. The zero-order valence-electron chi connectivity index (χ0n) is 25.2. The van der Waals surface area contributed by atoms with Crippen molar-refractivity contribution >= 4 is 39.3 Å². The molecule has 8 nitrogen and oxygen atoms in total. The molecule has 3 rings (SSSR count). The van der Waals surface area contributed by atoms with E-state index in [2.05, 4.69) is 41.9 Å². The van der Waals surface area contributed by atoms with Gasteiger partial charge in [-0.2, -0.15) is 0 Å². The average Bonchev–Trinajstić information content (AvgIpc) is 3.33. The Hall–Kier alpha value is -3.30. The summed E-state index contributed by atoms with van der Waals surface area (Å²) in [7, 11) is 3.87. The van der Waals surface area contributed by atoms with Crippen LogP contribution < -0.4 is 16.0 Å². The van der Waals surface area contributed by atoms with Crippen molar-refractivity contribution in [3.05, 3.63) is 64.7 Å². The molecule has 1 heterocycles. The number of benzene rings is 2. The van der Waals surface area contributed by atoms with Gasteiger partial charge < -0.3 is 20.9 Å². The molecule has 3 aromatic rings. The molecule has 0 aliphatic carbocycles. The molecule has 3 atom stereocenters. The van der Waals surface area contributed by atoms with E-state index in [0.29, 0.717) is 38.1 Å². The number of hydrogen-bond acceptors (Lipinski definition) is 6. The maximum Gasteiger partial charge on any atom is 0.243 e. The smallest absolute Gasteiger partial charge is 0.243 e. The number of carbonyl (C=O) groups is 3. The van der Waals surface area contributed by atoms with Crippen molar-refractivity contribution in [2.45, 2.75) is 71.4 Å². The van der Waals surface area contributed by atoms with Crippen molar-refractivity contribution < 1.29 is 14.4 Å². The Morgan fingerprint density at radius 2 is 1.68 bits per heavy atom. The van der Waals surface area contributed by atoms with Gasteiger partial charge in [-0.1, -0.05) is 64.1 Å². The molecule has 3 amide bonds. The van der Waals surface area contributed by atoms with Crippen molar-refractivity contribution in [2.24, 2.45) is 5.92 Å². The third-order valence-electron chi connectivity index (χ3n) is 6.91. The molecular weight excluding hydrogens is 534 g/mol. The molecule has 222 valence electrons. The number of aromatic nitrogens is 1. The van der Waals surface area contributed by atoms with E-state index in [4.69, 9.17) is 4.98 Å². The lowest BCUT2D eigenvalue weighted by molar-refractivity contribution is -0.129. The SMILES string of the molecule is CCCC(=O)N[C@@H](Cc1nc2ccc(C(C)C)cc2s1)C(=O)N[C@H](CNC(=O)C(C)CN(C)C)Cc1ccccc1. The van der Waals surface area contributed by atoms with Gasteiger partial charge in [-0.25, -0.2) is 4.98 Å². The Labute approximate surface area is 248 Å². The molecule has 0 saturated heterocycles. The van der Waals surface area contributed by atoms with E-state index in [1.807, 2.05) is 69.2 Å². The van der Waals surface area contributed by atoms with Crippen LogP contribution in [0.5, 0.6) is 0 Å². The van der Waals surface area contributed by atoms with Gasteiger partial charge in [0.2, 0.25) is 17.7 Å². The van der Waals surface area contributed by atoms with Crippen LogP contribution >= 0.6 is 11.3 Å². The normalized spacial score (nSPS) is 13.7. The Kier molecular flexibility index (Phi) is 12.3. The number of fused-ring (bicyclic) bond motifs is 1. The highest BCUT2D eigenvalue weighted by Gasteiger charge is 2.26. The molecule has 1 aromatic heterocycles. The average molecular weight is 580 g/mol. The first kappa shape index (κ1) is 32.2.